The highest BCUT2D eigenvalue weighted by molar-refractivity contribution is 5.10. The summed E-state index contributed by atoms with van der Waals surface area (Å²) in [5, 5.41) is 0. The maximum Gasteiger partial charge on any atom is 0.0155 e. The van der Waals surface area contributed by atoms with E-state index in [4.69, 9.17) is 0 Å². The molecule has 12 heavy (non-hydrogen) atoms. The second-order valence-corrected chi connectivity index (χ2v) is 4.22. The summed E-state index contributed by atoms with van der Waals surface area (Å²) in [6.07, 6.45) is 8.06. The van der Waals surface area contributed by atoms with E-state index < -0.39 is 0 Å². The normalized spacial score (nSPS) is 23.6. The molecule has 68 valence electrons. The highest BCUT2D eigenvalue weighted by Crippen LogP contribution is 2.34. The Hall–Kier alpha value is -0.720. The van der Waals surface area contributed by atoms with E-state index >= 15 is 0 Å². The van der Waals surface area contributed by atoms with Crippen LogP contribution in [0.15, 0.2) is 24.6 Å². The molecule has 0 aromatic heterocycles. The Balaban J connectivity index is 2.81. The smallest absolute Gasteiger partial charge is 0.0155 e. The average Bonchev–Trinajstić information content (AvgIpc) is 2.00. The molecule has 1 heterocycles. The summed E-state index contributed by atoms with van der Waals surface area (Å²) in [5.41, 5.74) is 1.48. The summed E-state index contributed by atoms with van der Waals surface area (Å²) in [4.78, 5) is 2.14. The van der Waals surface area contributed by atoms with Gasteiger partial charge in [0, 0.05) is 18.2 Å². The van der Waals surface area contributed by atoms with Crippen molar-refractivity contribution in [2.75, 3.05) is 7.05 Å². The standard InChI is InChI=1S/C11H19N/c1-10-11(2,3)8-6-5-7-9-12(10)4/h7,9H,1,5-6,8H2,2-4H3. The lowest BCUT2D eigenvalue weighted by Gasteiger charge is -2.34. The molecule has 0 aliphatic carbocycles. The molecule has 0 atom stereocenters. The van der Waals surface area contributed by atoms with E-state index in [-0.39, 0.29) is 5.41 Å². The molecule has 0 radical (unpaired) electrons. The molecule has 0 spiro atoms. The van der Waals surface area contributed by atoms with Crippen molar-refractivity contribution >= 4 is 0 Å². The first kappa shape index (κ1) is 9.37. The van der Waals surface area contributed by atoms with Gasteiger partial charge in [0.05, 0.1) is 0 Å². The summed E-state index contributed by atoms with van der Waals surface area (Å²) in [7, 11) is 2.08. The lowest BCUT2D eigenvalue weighted by Crippen LogP contribution is -2.25. The number of allylic oxidation sites excluding steroid dienone is 2. The Kier molecular flexibility index (Phi) is 2.61. The summed E-state index contributed by atoms with van der Waals surface area (Å²) in [5.74, 6) is 0. The van der Waals surface area contributed by atoms with E-state index in [9.17, 15) is 0 Å². The van der Waals surface area contributed by atoms with Gasteiger partial charge in [-0.2, -0.15) is 0 Å². The Morgan fingerprint density at radius 2 is 2.17 bits per heavy atom. The van der Waals surface area contributed by atoms with Crippen LogP contribution in [-0.2, 0) is 0 Å². The lowest BCUT2D eigenvalue weighted by molar-refractivity contribution is 0.311. The second-order valence-electron chi connectivity index (χ2n) is 4.22. The Labute approximate surface area is 75.8 Å². The van der Waals surface area contributed by atoms with E-state index in [0.29, 0.717) is 0 Å². The van der Waals surface area contributed by atoms with Crippen LogP contribution in [0.1, 0.15) is 33.1 Å². The van der Waals surface area contributed by atoms with Crippen molar-refractivity contribution in [2.45, 2.75) is 33.1 Å². The van der Waals surface area contributed by atoms with Crippen molar-refractivity contribution in [2.24, 2.45) is 5.41 Å². The molecule has 0 fully saturated rings. The van der Waals surface area contributed by atoms with Crippen LogP contribution in [0.2, 0.25) is 0 Å². The molecule has 0 bridgehead atoms. The quantitative estimate of drug-likeness (QED) is 0.533. The molecule has 1 aliphatic heterocycles. The van der Waals surface area contributed by atoms with Crippen LogP contribution in [-0.4, -0.2) is 11.9 Å². The van der Waals surface area contributed by atoms with Gasteiger partial charge in [0.15, 0.2) is 0 Å². The summed E-state index contributed by atoms with van der Waals surface area (Å²) in [6.45, 7) is 8.66. The Morgan fingerprint density at radius 3 is 2.83 bits per heavy atom. The number of hydrogen-bond acceptors (Lipinski definition) is 1. The van der Waals surface area contributed by atoms with E-state index in [1.165, 1.54) is 25.0 Å². The lowest BCUT2D eigenvalue weighted by atomic mass is 9.83. The van der Waals surface area contributed by atoms with Gasteiger partial charge in [-0.15, -0.1) is 0 Å². The van der Waals surface area contributed by atoms with Crippen molar-refractivity contribution in [1.82, 2.24) is 4.90 Å². The van der Waals surface area contributed by atoms with Crippen LogP contribution in [0.5, 0.6) is 0 Å². The van der Waals surface area contributed by atoms with Crippen LogP contribution in [0.3, 0.4) is 0 Å². The van der Waals surface area contributed by atoms with E-state index in [1.54, 1.807) is 0 Å². The van der Waals surface area contributed by atoms with Gasteiger partial charge in [-0.25, -0.2) is 0 Å². The van der Waals surface area contributed by atoms with Gasteiger partial charge in [0.25, 0.3) is 0 Å². The summed E-state index contributed by atoms with van der Waals surface area (Å²) < 4.78 is 0. The second kappa shape index (κ2) is 3.34. The molecule has 0 aromatic carbocycles. The summed E-state index contributed by atoms with van der Waals surface area (Å²) in [6, 6.07) is 0. The predicted octanol–water partition coefficient (Wildman–Crippen LogP) is 3.16. The molecular weight excluding hydrogens is 146 g/mol. The number of nitrogens with zero attached hydrogens (tertiary/aromatic N) is 1. The first-order valence-corrected chi connectivity index (χ1v) is 4.63. The van der Waals surface area contributed by atoms with Crippen LogP contribution >= 0.6 is 0 Å². The number of rotatable bonds is 0. The minimum Gasteiger partial charge on any atom is -0.355 e. The van der Waals surface area contributed by atoms with E-state index in [2.05, 4.69) is 44.6 Å². The molecule has 0 N–H and O–H groups in total. The minimum absolute atomic E-state index is 0.263. The molecule has 0 aromatic rings. The van der Waals surface area contributed by atoms with Gasteiger partial charge in [0.1, 0.15) is 0 Å². The Bertz CT molecular complexity index is 201. The minimum atomic E-state index is 0.263. The predicted molar refractivity (Wildman–Crippen MR) is 53.7 cm³/mol. The maximum atomic E-state index is 4.12. The molecule has 0 amide bonds. The van der Waals surface area contributed by atoms with Gasteiger partial charge in [-0.3, -0.25) is 0 Å². The molecular formula is C11H19N. The third-order valence-electron chi connectivity index (χ3n) is 2.71. The fourth-order valence-electron chi connectivity index (χ4n) is 1.61. The topological polar surface area (TPSA) is 3.24 Å². The maximum absolute atomic E-state index is 4.12. The molecule has 0 saturated heterocycles. The van der Waals surface area contributed by atoms with Crippen molar-refractivity contribution in [3.05, 3.63) is 24.6 Å². The molecule has 1 heteroatoms. The SMILES string of the molecule is C=C1N(C)C=CCCCC1(C)C. The van der Waals surface area contributed by atoms with Crippen molar-refractivity contribution < 1.29 is 0 Å². The van der Waals surface area contributed by atoms with Crippen LogP contribution in [0.4, 0.5) is 0 Å². The van der Waals surface area contributed by atoms with Gasteiger partial charge in [0.2, 0.25) is 0 Å². The van der Waals surface area contributed by atoms with Crippen LogP contribution in [0.25, 0.3) is 0 Å². The average molecular weight is 165 g/mol. The number of hydrogen-bond donors (Lipinski definition) is 0. The molecule has 1 rings (SSSR count). The zero-order valence-electron chi connectivity index (χ0n) is 8.43. The molecule has 0 saturated carbocycles. The van der Waals surface area contributed by atoms with Gasteiger partial charge in [-0.1, -0.05) is 26.5 Å². The van der Waals surface area contributed by atoms with Crippen molar-refractivity contribution in [3.8, 4) is 0 Å². The molecule has 1 aliphatic rings. The highest BCUT2D eigenvalue weighted by Gasteiger charge is 2.23. The first-order chi connectivity index (χ1) is 5.54. The highest BCUT2D eigenvalue weighted by atomic mass is 15.1. The van der Waals surface area contributed by atoms with Crippen LogP contribution in [0, 0.1) is 5.41 Å². The van der Waals surface area contributed by atoms with Gasteiger partial charge >= 0.3 is 0 Å². The van der Waals surface area contributed by atoms with Gasteiger partial charge < -0.3 is 4.90 Å². The molecule has 0 unspecified atom stereocenters. The fourth-order valence-corrected chi connectivity index (χ4v) is 1.61. The third-order valence-corrected chi connectivity index (χ3v) is 2.71. The zero-order valence-corrected chi connectivity index (χ0v) is 8.43. The van der Waals surface area contributed by atoms with Gasteiger partial charge in [-0.05, 0) is 25.5 Å². The first-order valence-electron chi connectivity index (χ1n) is 4.63. The monoisotopic (exact) mass is 165 g/mol. The largest absolute Gasteiger partial charge is 0.355 e. The fraction of sp³-hybridized carbons (Fsp3) is 0.636. The Morgan fingerprint density at radius 1 is 1.50 bits per heavy atom. The van der Waals surface area contributed by atoms with Crippen LogP contribution < -0.4 is 0 Å². The third kappa shape index (κ3) is 1.90. The van der Waals surface area contributed by atoms with Crippen molar-refractivity contribution in [3.63, 3.8) is 0 Å². The summed E-state index contributed by atoms with van der Waals surface area (Å²) >= 11 is 0. The van der Waals surface area contributed by atoms with E-state index in [1.807, 2.05) is 0 Å². The molecule has 1 nitrogen and oxygen atoms in total. The zero-order chi connectivity index (χ0) is 9.19. The van der Waals surface area contributed by atoms with Crippen molar-refractivity contribution in [1.29, 1.82) is 0 Å². The van der Waals surface area contributed by atoms with E-state index in [0.717, 1.165) is 0 Å².